The Balaban J connectivity index is 2.43. The molecule has 0 bridgehead atoms. The molecule has 1 aromatic carbocycles. The van der Waals surface area contributed by atoms with Gasteiger partial charge in [-0.2, -0.15) is 0 Å². The first kappa shape index (κ1) is 9.69. The fourth-order valence-electron chi connectivity index (χ4n) is 1.90. The monoisotopic (exact) mass is 210 g/mol. The SMILES string of the molecule is O=C1CCCC1(O)c1cccc(Cl)c1. The van der Waals surface area contributed by atoms with Crippen molar-refractivity contribution in [2.45, 2.75) is 24.9 Å². The number of ketones is 1. The van der Waals surface area contributed by atoms with Crippen molar-refractivity contribution in [3.8, 4) is 0 Å². The van der Waals surface area contributed by atoms with Gasteiger partial charge < -0.3 is 5.11 Å². The quantitative estimate of drug-likeness (QED) is 0.772. The van der Waals surface area contributed by atoms with Gasteiger partial charge >= 0.3 is 0 Å². The van der Waals surface area contributed by atoms with Gasteiger partial charge in [-0.25, -0.2) is 0 Å². The van der Waals surface area contributed by atoms with Gasteiger partial charge in [0.1, 0.15) is 5.60 Å². The molecule has 1 N–H and O–H groups in total. The van der Waals surface area contributed by atoms with Gasteiger partial charge in [-0.3, -0.25) is 4.79 Å². The van der Waals surface area contributed by atoms with E-state index in [0.29, 0.717) is 23.4 Å². The number of carbonyl (C=O) groups is 1. The van der Waals surface area contributed by atoms with Crippen LogP contribution in [0.4, 0.5) is 0 Å². The number of carbonyl (C=O) groups excluding carboxylic acids is 1. The number of rotatable bonds is 1. The zero-order valence-electron chi connectivity index (χ0n) is 7.66. The summed E-state index contributed by atoms with van der Waals surface area (Å²) in [5, 5.41) is 10.7. The number of Topliss-reactive ketones (excluding diaryl/α,β-unsaturated/α-hetero) is 1. The van der Waals surface area contributed by atoms with Crippen LogP contribution in [0.3, 0.4) is 0 Å². The molecule has 1 fully saturated rings. The van der Waals surface area contributed by atoms with E-state index in [1.807, 2.05) is 0 Å². The van der Waals surface area contributed by atoms with Crippen molar-refractivity contribution >= 4 is 17.4 Å². The van der Waals surface area contributed by atoms with E-state index < -0.39 is 5.60 Å². The van der Waals surface area contributed by atoms with Gasteiger partial charge in [0.05, 0.1) is 0 Å². The molecule has 3 heteroatoms. The summed E-state index contributed by atoms with van der Waals surface area (Å²) in [6, 6.07) is 6.88. The van der Waals surface area contributed by atoms with E-state index in [1.165, 1.54) is 0 Å². The van der Waals surface area contributed by atoms with Crippen LogP contribution in [0.25, 0.3) is 0 Å². The lowest BCUT2D eigenvalue weighted by atomic mass is 9.91. The molecule has 1 aromatic rings. The van der Waals surface area contributed by atoms with Crippen LogP contribution < -0.4 is 0 Å². The lowest BCUT2D eigenvalue weighted by molar-refractivity contribution is -0.134. The molecule has 1 unspecified atom stereocenters. The molecule has 0 amide bonds. The van der Waals surface area contributed by atoms with Gasteiger partial charge in [0.25, 0.3) is 0 Å². The number of benzene rings is 1. The summed E-state index contributed by atoms with van der Waals surface area (Å²) in [6.45, 7) is 0. The highest BCUT2D eigenvalue weighted by Crippen LogP contribution is 2.36. The molecule has 0 saturated heterocycles. The first-order chi connectivity index (χ1) is 6.63. The first-order valence-electron chi connectivity index (χ1n) is 4.65. The van der Waals surface area contributed by atoms with E-state index >= 15 is 0 Å². The van der Waals surface area contributed by atoms with Crippen LogP contribution in [0.1, 0.15) is 24.8 Å². The van der Waals surface area contributed by atoms with Gasteiger partial charge in [0.2, 0.25) is 0 Å². The Bertz CT molecular complexity index is 375. The van der Waals surface area contributed by atoms with E-state index in [2.05, 4.69) is 0 Å². The minimum Gasteiger partial charge on any atom is -0.377 e. The summed E-state index contributed by atoms with van der Waals surface area (Å²) in [5.74, 6) is -0.0974. The molecule has 0 aromatic heterocycles. The van der Waals surface area contributed by atoms with Crippen molar-refractivity contribution in [2.24, 2.45) is 0 Å². The van der Waals surface area contributed by atoms with Crippen LogP contribution in [-0.2, 0) is 10.4 Å². The number of hydrogen-bond donors (Lipinski definition) is 1. The Morgan fingerprint density at radius 2 is 2.21 bits per heavy atom. The van der Waals surface area contributed by atoms with Crippen molar-refractivity contribution in [1.29, 1.82) is 0 Å². The van der Waals surface area contributed by atoms with Gasteiger partial charge in [0.15, 0.2) is 5.78 Å². The maximum Gasteiger partial charge on any atom is 0.168 e. The van der Waals surface area contributed by atoms with Crippen molar-refractivity contribution in [2.75, 3.05) is 0 Å². The Hall–Kier alpha value is -0.860. The lowest BCUT2D eigenvalue weighted by Crippen LogP contribution is -2.30. The Morgan fingerprint density at radius 3 is 2.79 bits per heavy atom. The second kappa shape index (κ2) is 3.37. The lowest BCUT2D eigenvalue weighted by Gasteiger charge is -2.20. The van der Waals surface area contributed by atoms with Crippen LogP contribution in [0.2, 0.25) is 5.02 Å². The average Bonchev–Trinajstić information content (AvgIpc) is 2.49. The largest absolute Gasteiger partial charge is 0.377 e. The molecule has 2 rings (SSSR count). The second-order valence-corrected chi connectivity index (χ2v) is 4.08. The maximum absolute atomic E-state index is 11.5. The summed E-state index contributed by atoms with van der Waals surface area (Å²) in [6.07, 6.45) is 1.72. The first-order valence-corrected chi connectivity index (χ1v) is 5.02. The fraction of sp³-hybridized carbons (Fsp3) is 0.364. The van der Waals surface area contributed by atoms with Crippen LogP contribution in [0.15, 0.2) is 24.3 Å². The van der Waals surface area contributed by atoms with E-state index in [1.54, 1.807) is 24.3 Å². The predicted octanol–water partition coefficient (Wildman–Crippen LogP) is 2.28. The minimum absolute atomic E-state index is 0.0974. The number of halogens is 1. The minimum atomic E-state index is -1.29. The number of hydrogen-bond acceptors (Lipinski definition) is 2. The Morgan fingerprint density at radius 1 is 1.43 bits per heavy atom. The molecule has 1 atom stereocenters. The zero-order chi connectivity index (χ0) is 10.2. The van der Waals surface area contributed by atoms with Crippen molar-refractivity contribution in [3.05, 3.63) is 34.9 Å². The average molecular weight is 211 g/mol. The number of aliphatic hydroxyl groups is 1. The van der Waals surface area contributed by atoms with Crippen LogP contribution >= 0.6 is 11.6 Å². The second-order valence-electron chi connectivity index (χ2n) is 3.65. The summed E-state index contributed by atoms with van der Waals surface area (Å²) in [4.78, 5) is 11.5. The van der Waals surface area contributed by atoms with Crippen molar-refractivity contribution in [3.63, 3.8) is 0 Å². The third kappa shape index (κ3) is 1.45. The zero-order valence-corrected chi connectivity index (χ0v) is 8.42. The van der Waals surface area contributed by atoms with Crippen LogP contribution in [0.5, 0.6) is 0 Å². The van der Waals surface area contributed by atoms with Crippen molar-refractivity contribution in [1.82, 2.24) is 0 Å². The molecule has 14 heavy (non-hydrogen) atoms. The predicted molar refractivity (Wildman–Crippen MR) is 54.2 cm³/mol. The van der Waals surface area contributed by atoms with Gasteiger partial charge in [-0.05, 0) is 30.5 Å². The van der Waals surface area contributed by atoms with Crippen LogP contribution in [-0.4, -0.2) is 10.9 Å². The highest BCUT2D eigenvalue weighted by atomic mass is 35.5. The van der Waals surface area contributed by atoms with E-state index in [4.69, 9.17) is 11.6 Å². The third-order valence-corrected chi connectivity index (χ3v) is 2.94. The molecular formula is C11H11ClO2. The molecule has 1 aliphatic carbocycles. The van der Waals surface area contributed by atoms with Crippen LogP contribution in [0, 0.1) is 0 Å². The van der Waals surface area contributed by atoms with Crippen molar-refractivity contribution < 1.29 is 9.90 Å². The van der Waals surface area contributed by atoms with E-state index in [-0.39, 0.29) is 5.78 Å². The third-order valence-electron chi connectivity index (χ3n) is 2.71. The molecule has 1 aliphatic rings. The maximum atomic E-state index is 11.5. The van der Waals surface area contributed by atoms with Gasteiger partial charge in [0, 0.05) is 11.4 Å². The topological polar surface area (TPSA) is 37.3 Å². The molecular weight excluding hydrogens is 200 g/mol. The highest BCUT2D eigenvalue weighted by molar-refractivity contribution is 6.30. The summed E-state index contributed by atoms with van der Waals surface area (Å²) in [7, 11) is 0. The molecule has 0 radical (unpaired) electrons. The normalized spacial score (nSPS) is 26.9. The molecule has 2 nitrogen and oxygen atoms in total. The fourth-order valence-corrected chi connectivity index (χ4v) is 2.09. The van der Waals surface area contributed by atoms with Gasteiger partial charge in [-0.1, -0.05) is 23.7 Å². The van der Waals surface area contributed by atoms with E-state index in [9.17, 15) is 9.90 Å². The smallest absolute Gasteiger partial charge is 0.168 e. The summed E-state index contributed by atoms with van der Waals surface area (Å²) in [5.41, 5.74) is -0.669. The molecule has 74 valence electrons. The van der Waals surface area contributed by atoms with E-state index in [0.717, 1.165) is 6.42 Å². The van der Waals surface area contributed by atoms with Gasteiger partial charge in [-0.15, -0.1) is 0 Å². The summed E-state index contributed by atoms with van der Waals surface area (Å²) >= 11 is 5.81. The molecule has 0 heterocycles. The molecule has 0 spiro atoms. The standard InChI is InChI=1S/C11H11ClO2/c12-9-4-1-3-8(7-9)11(14)6-2-5-10(11)13/h1,3-4,7,14H,2,5-6H2. The summed E-state index contributed by atoms with van der Waals surface area (Å²) < 4.78 is 0. The molecule has 0 aliphatic heterocycles. The Kier molecular flexibility index (Phi) is 2.33. The highest BCUT2D eigenvalue weighted by Gasteiger charge is 2.41. The molecule has 1 saturated carbocycles. The Labute approximate surface area is 87.5 Å².